The first-order valence-corrected chi connectivity index (χ1v) is 6.77. The number of nitrogens with one attached hydrogen (secondary N) is 1. The smallest absolute Gasteiger partial charge is 0.0410 e. The molecule has 0 amide bonds. The third-order valence-electron chi connectivity index (χ3n) is 3.97. The molecule has 2 aliphatic heterocycles. The minimum Gasteiger partial charge on any atom is -0.371 e. The zero-order valence-electron chi connectivity index (χ0n) is 9.54. The predicted octanol–water partition coefficient (Wildman–Crippen LogP) is 2.42. The van der Waals surface area contributed by atoms with Crippen LogP contribution in [0.3, 0.4) is 0 Å². The fourth-order valence-corrected chi connectivity index (χ4v) is 3.48. The first kappa shape index (κ1) is 10.6. The number of nitrogens with zero attached hydrogens (tertiary/aromatic N) is 1. The van der Waals surface area contributed by atoms with Gasteiger partial charge in [0.15, 0.2) is 0 Å². The molecule has 1 saturated heterocycles. The largest absolute Gasteiger partial charge is 0.371 e. The summed E-state index contributed by atoms with van der Waals surface area (Å²) in [6.45, 7) is 2.33. The van der Waals surface area contributed by atoms with Crippen molar-refractivity contribution in [2.75, 3.05) is 25.0 Å². The van der Waals surface area contributed by atoms with E-state index >= 15 is 0 Å². The average Bonchev–Trinajstić information content (AvgIpc) is 2.31. The van der Waals surface area contributed by atoms with Crippen molar-refractivity contribution >= 4 is 21.6 Å². The summed E-state index contributed by atoms with van der Waals surface area (Å²) in [6.07, 6.45) is 2.50. The molecule has 2 atom stereocenters. The van der Waals surface area contributed by atoms with Gasteiger partial charge in [-0.3, -0.25) is 0 Å². The molecule has 1 aromatic carbocycles. The van der Waals surface area contributed by atoms with E-state index in [1.54, 1.807) is 0 Å². The van der Waals surface area contributed by atoms with E-state index in [0.717, 1.165) is 18.5 Å². The number of benzene rings is 1. The van der Waals surface area contributed by atoms with Gasteiger partial charge in [0.1, 0.15) is 0 Å². The number of hydrogen-bond acceptors (Lipinski definition) is 2. The molecule has 2 heterocycles. The predicted molar refractivity (Wildman–Crippen MR) is 71.0 cm³/mol. The van der Waals surface area contributed by atoms with Crippen LogP contribution in [0.25, 0.3) is 0 Å². The lowest BCUT2D eigenvalue weighted by atomic mass is 9.82. The van der Waals surface area contributed by atoms with Crippen molar-refractivity contribution in [2.45, 2.75) is 18.9 Å². The van der Waals surface area contributed by atoms with Crippen LogP contribution in [-0.2, 0) is 6.42 Å². The van der Waals surface area contributed by atoms with Crippen molar-refractivity contribution in [3.05, 3.63) is 28.2 Å². The Balaban J connectivity index is 2.00. The number of halogens is 1. The Kier molecular flexibility index (Phi) is 2.68. The monoisotopic (exact) mass is 280 g/mol. The van der Waals surface area contributed by atoms with E-state index in [1.807, 2.05) is 0 Å². The van der Waals surface area contributed by atoms with E-state index < -0.39 is 0 Å². The lowest BCUT2D eigenvalue weighted by Crippen LogP contribution is -2.51. The Morgan fingerprint density at radius 2 is 2.31 bits per heavy atom. The topological polar surface area (TPSA) is 15.3 Å². The molecule has 0 radical (unpaired) electrons. The molecule has 0 aromatic heterocycles. The fraction of sp³-hybridized carbons (Fsp3) is 0.538. The maximum atomic E-state index is 3.57. The van der Waals surface area contributed by atoms with Gasteiger partial charge in [-0.25, -0.2) is 0 Å². The van der Waals surface area contributed by atoms with Gasteiger partial charge in [0.05, 0.1) is 0 Å². The molecule has 2 nitrogen and oxygen atoms in total. The van der Waals surface area contributed by atoms with E-state index in [2.05, 4.69) is 51.4 Å². The van der Waals surface area contributed by atoms with Crippen molar-refractivity contribution < 1.29 is 0 Å². The maximum absolute atomic E-state index is 3.57. The van der Waals surface area contributed by atoms with Crippen LogP contribution in [0.1, 0.15) is 12.0 Å². The first-order chi connectivity index (χ1) is 7.75. The third kappa shape index (κ3) is 1.66. The molecular formula is C13H17BrN2. The molecule has 3 heteroatoms. The number of rotatable bonds is 0. The molecule has 2 unspecified atom stereocenters. The lowest BCUT2D eigenvalue weighted by molar-refractivity contribution is 0.304. The van der Waals surface area contributed by atoms with Gasteiger partial charge in [-0.15, -0.1) is 0 Å². The third-order valence-corrected chi connectivity index (χ3v) is 4.47. The Morgan fingerprint density at radius 3 is 3.19 bits per heavy atom. The summed E-state index contributed by atoms with van der Waals surface area (Å²) in [5.74, 6) is 0.785. The number of fused-ring (bicyclic) bond motifs is 2. The van der Waals surface area contributed by atoms with Crippen LogP contribution >= 0.6 is 15.9 Å². The second-order valence-electron chi connectivity index (χ2n) is 4.91. The fourth-order valence-electron chi connectivity index (χ4n) is 3.13. The van der Waals surface area contributed by atoms with Crippen molar-refractivity contribution in [1.82, 2.24) is 5.32 Å². The minimum atomic E-state index is 0.725. The summed E-state index contributed by atoms with van der Waals surface area (Å²) in [5, 5.41) is 3.51. The van der Waals surface area contributed by atoms with Crippen LogP contribution in [0.15, 0.2) is 22.7 Å². The second-order valence-corrected chi connectivity index (χ2v) is 5.82. The van der Waals surface area contributed by atoms with Gasteiger partial charge in [-0.1, -0.05) is 22.0 Å². The second kappa shape index (κ2) is 4.04. The van der Waals surface area contributed by atoms with Crippen molar-refractivity contribution in [3.63, 3.8) is 0 Å². The van der Waals surface area contributed by atoms with Gasteiger partial charge in [-0.2, -0.15) is 0 Å². The molecule has 1 fully saturated rings. The number of hydrogen-bond donors (Lipinski definition) is 1. The minimum absolute atomic E-state index is 0.725. The molecule has 0 spiro atoms. The molecule has 0 aliphatic carbocycles. The molecule has 16 heavy (non-hydrogen) atoms. The molecule has 2 aliphatic rings. The quantitative estimate of drug-likeness (QED) is 0.785. The van der Waals surface area contributed by atoms with Crippen LogP contribution in [0, 0.1) is 5.92 Å². The van der Waals surface area contributed by atoms with Crippen LogP contribution in [0.2, 0.25) is 0 Å². The summed E-state index contributed by atoms with van der Waals surface area (Å²) < 4.78 is 1.19. The Hall–Kier alpha value is -0.540. The molecule has 0 saturated carbocycles. The summed E-state index contributed by atoms with van der Waals surface area (Å²) in [7, 11) is 2.24. The zero-order valence-corrected chi connectivity index (χ0v) is 11.1. The van der Waals surface area contributed by atoms with Crippen LogP contribution < -0.4 is 10.2 Å². The van der Waals surface area contributed by atoms with Crippen LogP contribution in [0.5, 0.6) is 0 Å². The summed E-state index contributed by atoms with van der Waals surface area (Å²) in [4.78, 5) is 2.48. The van der Waals surface area contributed by atoms with Gasteiger partial charge in [0.2, 0.25) is 0 Å². The highest BCUT2D eigenvalue weighted by Crippen LogP contribution is 2.36. The van der Waals surface area contributed by atoms with E-state index in [9.17, 15) is 0 Å². The molecule has 3 rings (SSSR count). The highest BCUT2D eigenvalue weighted by molar-refractivity contribution is 9.10. The zero-order chi connectivity index (χ0) is 11.1. The SMILES string of the molecule is CN1c2cc(Br)ccc2CC2CNCCC21. The van der Waals surface area contributed by atoms with Gasteiger partial charge in [-0.05, 0) is 43.0 Å². The van der Waals surface area contributed by atoms with Crippen LogP contribution in [-0.4, -0.2) is 26.2 Å². The highest BCUT2D eigenvalue weighted by Gasteiger charge is 2.33. The molecule has 0 bridgehead atoms. The number of anilines is 1. The summed E-state index contributed by atoms with van der Waals surface area (Å²) in [5.41, 5.74) is 2.91. The lowest BCUT2D eigenvalue weighted by Gasteiger charge is -2.44. The van der Waals surface area contributed by atoms with E-state index in [-0.39, 0.29) is 0 Å². The van der Waals surface area contributed by atoms with Crippen LogP contribution in [0.4, 0.5) is 5.69 Å². The Labute approximate surface area is 105 Å². The molecule has 86 valence electrons. The van der Waals surface area contributed by atoms with Crippen molar-refractivity contribution in [3.8, 4) is 0 Å². The summed E-state index contributed by atoms with van der Waals surface area (Å²) in [6, 6.07) is 7.40. The normalized spacial score (nSPS) is 28.5. The first-order valence-electron chi connectivity index (χ1n) is 5.97. The van der Waals surface area contributed by atoms with Crippen molar-refractivity contribution in [1.29, 1.82) is 0 Å². The highest BCUT2D eigenvalue weighted by atomic mass is 79.9. The number of piperidine rings is 1. The van der Waals surface area contributed by atoms with E-state index in [4.69, 9.17) is 0 Å². The molecule has 1 aromatic rings. The maximum Gasteiger partial charge on any atom is 0.0410 e. The van der Waals surface area contributed by atoms with Gasteiger partial charge in [0.25, 0.3) is 0 Å². The van der Waals surface area contributed by atoms with E-state index in [0.29, 0.717) is 0 Å². The average molecular weight is 281 g/mol. The summed E-state index contributed by atoms with van der Waals surface area (Å²) >= 11 is 3.57. The van der Waals surface area contributed by atoms with Gasteiger partial charge >= 0.3 is 0 Å². The standard InChI is InChI=1S/C13H17BrN2/c1-16-12-4-5-15-8-10(12)6-9-2-3-11(14)7-13(9)16/h2-3,7,10,12,15H,4-6,8H2,1H3. The van der Waals surface area contributed by atoms with Gasteiger partial charge < -0.3 is 10.2 Å². The molecule has 1 N–H and O–H groups in total. The Morgan fingerprint density at radius 1 is 1.44 bits per heavy atom. The van der Waals surface area contributed by atoms with Gasteiger partial charge in [0, 0.05) is 29.8 Å². The van der Waals surface area contributed by atoms with Crippen molar-refractivity contribution in [2.24, 2.45) is 5.92 Å². The molecular weight excluding hydrogens is 264 g/mol. The van der Waals surface area contributed by atoms with E-state index in [1.165, 1.54) is 35.1 Å². The Bertz CT molecular complexity index is 405.